The van der Waals surface area contributed by atoms with Crippen LogP contribution in [-0.2, 0) is 14.3 Å². The van der Waals surface area contributed by atoms with Crippen molar-refractivity contribution in [3.8, 4) is 0 Å². The summed E-state index contributed by atoms with van der Waals surface area (Å²) in [4.78, 5) is 21.9. The summed E-state index contributed by atoms with van der Waals surface area (Å²) in [5, 5.41) is 11.5. The third kappa shape index (κ3) is 4.18. The van der Waals surface area contributed by atoms with Crippen molar-refractivity contribution in [2.45, 2.75) is 51.2 Å². The van der Waals surface area contributed by atoms with Crippen LogP contribution in [-0.4, -0.2) is 35.7 Å². The van der Waals surface area contributed by atoms with Crippen LogP contribution in [0.15, 0.2) is 0 Å². The monoisotopic (exact) mass is 229 g/mol. The molecule has 1 aliphatic rings. The Kier molecular flexibility index (Phi) is 5.25. The van der Waals surface area contributed by atoms with Gasteiger partial charge < -0.3 is 15.2 Å². The lowest BCUT2D eigenvalue weighted by Gasteiger charge is -2.12. The SMILES string of the molecule is CCCCC(=O)NCC1CCC(C(=O)O)O1. The molecule has 92 valence electrons. The van der Waals surface area contributed by atoms with Crippen LogP contribution in [0.5, 0.6) is 0 Å². The number of nitrogens with one attached hydrogen (secondary N) is 1. The summed E-state index contributed by atoms with van der Waals surface area (Å²) in [6.07, 6.45) is 2.80. The van der Waals surface area contributed by atoms with E-state index < -0.39 is 12.1 Å². The molecule has 2 atom stereocenters. The number of carbonyl (C=O) groups is 2. The zero-order valence-electron chi connectivity index (χ0n) is 9.57. The molecule has 0 aliphatic carbocycles. The minimum atomic E-state index is -0.917. The fourth-order valence-corrected chi connectivity index (χ4v) is 1.69. The maximum absolute atomic E-state index is 11.3. The molecule has 0 aromatic heterocycles. The third-order valence-corrected chi connectivity index (χ3v) is 2.67. The van der Waals surface area contributed by atoms with Gasteiger partial charge in [0.25, 0.3) is 0 Å². The number of carbonyl (C=O) groups excluding carboxylic acids is 1. The van der Waals surface area contributed by atoms with Gasteiger partial charge in [0.15, 0.2) is 6.10 Å². The van der Waals surface area contributed by atoms with E-state index in [-0.39, 0.29) is 12.0 Å². The first kappa shape index (κ1) is 13.0. The lowest BCUT2D eigenvalue weighted by atomic mass is 10.2. The standard InChI is InChI=1S/C11H19NO4/c1-2-3-4-10(13)12-7-8-5-6-9(16-8)11(14)15/h8-9H,2-7H2,1H3,(H,12,13)(H,14,15). The number of aliphatic carboxylic acids is 1. The Morgan fingerprint density at radius 1 is 1.44 bits per heavy atom. The molecule has 5 nitrogen and oxygen atoms in total. The van der Waals surface area contributed by atoms with E-state index in [0.29, 0.717) is 25.8 Å². The Morgan fingerprint density at radius 2 is 2.19 bits per heavy atom. The Bertz CT molecular complexity index is 254. The van der Waals surface area contributed by atoms with Crippen molar-refractivity contribution in [2.75, 3.05) is 6.54 Å². The largest absolute Gasteiger partial charge is 0.479 e. The van der Waals surface area contributed by atoms with Gasteiger partial charge in [-0.15, -0.1) is 0 Å². The number of rotatable bonds is 6. The second-order valence-electron chi connectivity index (χ2n) is 4.07. The molecule has 5 heteroatoms. The third-order valence-electron chi connectivity index (χ3n) is 2.67. The van der Waals surface area contributed by atoms with Gasteiger partial charge in [-0.1, -0.05) is 13.3 Å². The van der Waals surface area contributed by atoms with E-state index in [1.54, 1.807) is 0 Å². The van der Waals surface area contributed by atoms with Crippen molar-refractivity contribution in [3.05, 3.63) is 0 Å². The zero-order chi connectivity index (χ0) is 12.0. The lowest BCUT2D eigenvalue weighted by molar-refractivity contribution is -0.149. The molecule has 0 radical (unpaired) electrons. The van der Waals surface area contributed by atoms with Gasteiger partial charge in [0.1, 0.15) is 0 Å². The number of hydrogen-bond acceptors (Lipinski definition) is 3. The molecule has 0 spiro atoms. The number of hydrogen-bond donors (Lipinski definition) is 2. The van der Waals surface area contributed by atoms with Crippen molar-refractivity contribution in [3.63, 3.8) is 0 Å². The average Bonchev–Trinajstić information content (AvgIpc) is 2.72. The van der Waals surface area contributed by atoms with Gasteiger partial charge in [-0.05, 0) is 19.3 Å². The Hall–Kier alpha value is -1.10. The smallest absolute Gasteiger partial charge is 0.332 e. The van der Waals surface area contributed by atoms with Crippen LogP contribution >= 0.6 is 0 Å². The number of carboxylic acid groups (broad SMARTS) is 1. The molecule has 16 heavy (non-hydrogen) atoms. The van der Waals surface area contributed by atoms with E-state index in [4.69, 9.17) is 9.84 Å². The topological polar surface area (TPSA) is 75.6 Å². The molecule has 0 aromatic rings. The number of carboxylic acids is 1. The van der Waals surface area contributed by atoms with Crippen LogP contribution in [0.4, 0.5) is 0 Å². The fourth-order valence-electron chi connectivity index (χ4n) is 1.69. The van der Waals surface area contributed by atoms with Gasteiger partial charge in [0.05, 0.1) is 6.10 Å². The van der Waals surface area contributed by atoms with Gasteiger partial charge in [-0.2, -0.15) is 0 Å². The van der Waals surface area contributed by atoms with Crippen molar-refractivity contribution in [2.24, 2.45) is 0 Å². The molecule has 0 bridgehead atoms. The second kappa shape index (κ2) is 6.48. The highest BCUT2D eigenvalue weighted by Gasteiger charge is 2.30. The van der Waals surface area contributed by atoms with Crippen LogP contribution in [0.1, 0.15) is 39.0 Å². The minimum absolute atomic E-state index is 0.0178. The first-order valence-electron chi connectivity index (χ1n) is 5.78. The highest BCUT2D eigenvalue weighted by molar-refractivity contribution is 5.76. The van der Waals surface area contributed by atoms with Gasteiger partial charge in [0, 0.05) is 13.0 Å². The summed E-state index contributed by atoms with van der Waals surface area (Å²) in [7, 11) is 0. The van der Waals surface area contributed by atoms with E-state index >= 15 is 0 Å². The maximum Gasteiger partial charge on any atom is 0.332 e. The van der Waals surface area contributed by atoms with E-state index in [1.165, 1.54) is 0 Å². The van der Waals surface area contributed by atoms with Gasteiger partial charge in [-0.3, -0.25) is 4.79 Å². The van der Waals surface area contributed by atoms with Crippen LogP contribution in [0, 0.1) is 0 Å². The predicted molar refractivity (Wildman–Crippen MR) is 58.1 cm³/mol. The molecular weight excluding hydrogens is 210 g/mol. The summed E-state index contributed by atoms with van der Waals surface area (Å²) in [5.41, 5.74) is 0. The molecule has 1 amide bonds. The summed E-state index contributed by atoms with van der Waals surface area (Å²) in [6.45, 7) is 2.46. The Morgan fingerprint density at radius 3 is 2.75 bits per heavy atom. The van der Waals surface area contributed by atoms with Crippen LogP contribution < -0.4 is 5.32 Å². The first-order valence-corrected chi connectivity index (χ1v) is 5.78. The predicted octanol–water partition coefficient (Wildman–Crippen LogP) is 0.925. The fraction of sp³-hybridized carbons (Fsp3) is 0.818. The van der Waals surface area contributed by atoms with Crippen LogP contribution in [0.3, 0.4) is 0 Å². The maximum atomic E-state index is 11.3. The molecular formula is C11H19NO4. The quantitative estimate of drug-likeness (QED) is 0.710. The van der Waals surface area contributed by atoms with E-state index in [1.807, 2.05) is 6.92 Å². The van der Waals surface area contributed by atoms with Gasteiger partial charge in [0.2, 0.25) is 5.91 Å². The van der Waals surface area contributed by atoms with E-state index in [9.17, 15) is 9.59 Å². The zero-order valence-corrected chi connectivity index (χ0v) is 9.57. The van der Waals surface area contributed by atoms with Crippen LogP contribution in [0.2, 0.25) is 0 Å². The highest BCUT2D eigenvalue weighted by atomic mass is 16.5. The van der Waals surface area contributed by atoms with E-state index in [0.717, 1.165) is 12.8 Å². The summed E-state index contributed by atoms with van der Waals surface area (Å²) in [5.74, 6) is -0.899. The number of unbranched alkanes of at least 4 members (excludes halogenated alkanes) is 1. The van der Waals surface area contributed by atoms with E-state index in [2.05, 4.69) is 5.32 Å². The number of amides is 1. The average molecular weight is 229 g/mol. The van der Waals surface area contributed by atoms with Crippen molar-refractivity contribution >= 4 is 11.9 Å². The van der Waals surface area contributed by atoms with Crippen LogP contribution in [0.25, 0.3) is 0 Å². The molecule has 1 aliphatic heterocycles. The molecule has 0 aromatic carbocycles. The van der Waals surface area contributed by atoms with Gasteiger partial charge >= 0.3 is 5.97 Å². The first-order chi connectivity index (χ1) is 7.63. The molecule has 1 heterocycles. The van der Waals surface area contributed by atoms with Crippen molar-refractivity contribution in [1.82, 2.24) is 5.32 Å². The summed E-state index contributed by atoms with van der Waals surface area (Å²) >= 11 is 0. The molecule has 1 saturated heterocycles. The second-order valence-corrected chi connectivity index (χ2v) is 4.07. The Labute approximate surface area is 95.2 Å². The molecule has 2 N–H and O–H groups in total. The summed E-state index contributed by atoms with van der Waals surface area (Å²) in [6, 6.07) is 0. The normalized spacial score (nSPS) is 24.3. The molecule has 1 fully saturated rings. The molecule has 0 saturated carbocycles. The van der Waals surface area contributed by atoms with Crippen molar-refractivity contribution in [1.29, 1.82) is 0 Å². The molecule has 1 rings (SSSR count). The Balaban J connectivity index is 2.15. The lowest BCUT2D eigenvalue weighted by Crippen LogP contribution is -2.32. The van der Waals surface area contributed by atoms with Gasteiger partial charge in [-0.25, -0.2) is 4.79 Å². The van der Waals surface area contributed by atoms with Crippen molar-refractivity contribution < 1.29 is 19.4 Å². The highest BCUT2D eigenvalue weighted by Crippen LogP contribution is 2.19. The minimum Gasteiger partial charge on any atom is -0.479 e. The molecule has 2 unspecified atom stereocenters. The summed E-state index contributed by atoms with van der Waals surface area (Å²) < 4.78 is 5.26. The number of ether oxygens (including phenoxy) is 1.